The van der Waals surface area contributed by atoms with Crippen molar-refractivity contribution in [1.82, 2.24) is 79.4 Å². The molecule has 16 amide bonds. The number of para-hydroxylation sites is 1. The molecule has 0 aliphatic heterocycles. The molecule has 0 aliphatic rings. The van der Waals surface area contributed by atoms with Crippen LogP contribution in [0, 0.1) is 23.7 Å². The fraction of sp³-hybridized carbons (Fsp3) is 0.620. The Hall–Kier alpha value is -11.4. The van der Waals surface area contributed by atoms with Gasteiger partial charge in [-0.1, -0.05) is 73.6 Å². The Morgan fingerprint density at radius 2 is 0.743 bits per heavy atom. The molecule has 630 valence electrons. The van der Waals surface area contributed by atoms with E-state index in [1.807, 2.05) is 0 Å². The average molecular weight is 1600 g/mol. The van der Waals surface area contributed by atoms with E-state index in [1.165, 1.54) is 27.7 Å². The van der Waals surface area contributed by atoms with Crippen molar-refractivity contribution in [1.29, 1.82) is 0 Å². The van der Waals surface area contributed by atoms with Crippen LogP contribution >= 0.6 is 0 Å². The Labute approximate surface area is 651 Å². The third kappa shape index (κ3) is 34.8. The van der Waals surface area contributed by atoms with Gasteiger partial charge in [0.05, 0.1) is 37.6 Å². The van der Waals surface area contributed by atoms with Gasteiger partial charge in [-0.2, -0.15) is 0 Å². The Balaban J connectivity index is 2.37. The van der Waals surface area contributed by atoms with Gasteiger partial charge in [0.25, 0.3) is 0 Å². The summed E-state index contributed by atoms with van der Waals surface area (Å²) in [7, 11) is 0. The number of nitrogens with two attached hydrogens (primary N) is 3. The molecule has 2 rings (SSSR count). The van der Waals surface area contributed by atoms with Crippen LogP contribution in [0.2, 0.25) is 0 Å². The number of carboxylic acids is 3. The van der Waals surface area contributed by atoms with Gasteiger partial charge in [-0.05, 0) is 102 Å². The highest BCUT2D eigenvalue weighted by atomic mass is 16.4. The van der Waals surface area contributed by atoms with E-state index in [4.69, 9.17) is 17.2 Å². The molecule has 1 heterocycles. The highest BCUT2D eigenvalue weighted by Crippen LogP contribution is 2.21. The number of aliphatic carboxylic acids is 3. The van der Waals surface area contributed by atoms with Crippen LogP contribution in [0.15, 0.2) is 30.5 Å². The first kappa shape index (κ1) is 97.6. The lowest BCUT2D eigenvalue weighted by Crippen LogP contribution is -2.62. The largest absolute Gasteiger partial charge is 0.481 e. The molecule has 0 fully saturated rings. The lowest BCUT2D eigenvalue weighted by molar-refractivity contribution is -0.143. The van der Waals surface area contributed by atoms with Crippen LogP contribution in [0.4, 0.5) is 0 Å². The quantitative estimate of drug-likeness (QED) is 0.0293. The number of nitrogens with one attached hydrogen (secondary N) is 15. The maximum Gasteiger partial charge on any atom is 0.326 e. The van der Waals surface area contributed by atoms with E-state index in [0.29, 0.717) is 16.5 Å². The SMILES string of the molecule is CC(C)C[C@H](NC(=O)[C@H](Cc1c[nH]c2ccccc12)NC(=O)CNC(=O)[C@@H](NC(=O)[C@H](CC(C)C)NC(=O)[C@H](CC(=O)O)NC(=O)[C@H](C)NC(=O)[C@@H](NC(=O)[C@H](CC(=O)O)NC(=O)[C@H](CC(C)C)NC(=O)[C@@H](NC(=O)[C@H](C)NC(=O)[C@H](C)N)[C@@H](C)O)[C@@H](C)O)C(C)C)C(=O)N[C@@H](CCC(N)=O)C(=O)N[C@@H](CCC(N)=O)C(=O)O. The number of benzene rings is 1. The number of hydrogen-bond donors (Lipinski definition) is 23. The first-order chi connectivity index (χ1) is 52.5. The van der Waals surface area contributed by atoms with Gasteiger partial charge in [-0.3, -0.25) is 86.3 Å². The molecule has 0 saturated carbocycles. The highest BCUT2D eigenvalue weighted by Gasteiger charge is 2.40. The number of carbonyl (C=O) groups excluding carboxylic acids is 16. The van der Waals surface area contributed by atoms with Gasteiger partial charge >= 0.3 is 17.9 Å². The molecule has 16 atom stereocenters. The summed E-state index contributed by atoms with van der Waals surface area (Å²) in [5.74, 6) is -23.6. The number of hydrogen-bond acceptors (Lipinski definition) is 22. The molecule has 0 bridgehead atoms. The fourth-order valence-corrected chi connectivity index (χ4v) is 11.1. The topological polar surface area (TPSA) is 688 Å². The molecule has 0 saturated heterocycles. The Bertz CT molecular complexity index is 3730. The van der Waals surface area contributed by atoms with Crippen molar-refractivity contribution in [3.63, 3.8) is 0 Å². The van der Waals surface area contributed by atoms with Crippen molar-refractivity contribution in [3.05, 3.63) is 36.0 Å². The van der Waals surface area contributed by atoms with Crippen molar-refractivity contribution >= 4 is 123 Å². The molecule has 0 unspecified atom stereocenters. The Kier molecular flexibility index (Phi) is 40.7. The number of amides is 16. The summed E-state index contributed by atoms with van der Waals surface area (Å²) in [6.45, 7) is 17.9. The summed E-state index contributed by atoms with van der Waals surface area (Å²) in [5.41, 5.74) is 17.2. The standard InChI is InChI=1S/C71H112N18O24/c1-30(2)22-44(62(103)80-42(18-20-50(73)92)61(102)81-43(71(112)113)19-21-51(74)93)83-64(105)47(25-39-28-75-41-17-15-14-16-40(39)41)79-52(94)29-76-68(109)55(33(7)8)87-66(107)46(24-32(5)6)84-65(106)48(26-53(95)96)82-59(100)35(10)78-69(110)56(37(12)90)89-67(108)49(27-54(97)98)85-63(104)45(23-31(3)4)86-70(111)57(38(13)91)88-60(101)36(11)77-58(99)34(9)72/h14-17,28,30-38,42-49,55-57,75,90-91H,18-27,29,72H2,1-13H3,(H2,73,92)(H2,74,93)(H,76,109)(H,77,99)(H,78,110)(H,79,94)(H,80,103)(H,81,102)(H,82,100)(H,83,105)(H,84,106)(H,85,104)(H,86,111)(H,87,107)(H,88,101)(H,89,108)(H,95,96)(H,97,98)(H,112,113)/t34-,35-,36-,37+,38+,42-,43-,44-,45-,46-,47-,48-,49-,55-,56-,57-/m0/s1. The van der Waals surface area contributed by atoms with E-state index < -0.39 is 272 Å². The van der Waals surface area contributed by atoms with Crippen LogP contribution in [0.5, 0.6) is 0 Å². The summed E-state index contributed by atoms with van der Waals surface area (Å²) >= 11 is 0. The van der Waals surface area contributed by atoms with Crippen LogP contribution in [0.1, 0.15) is 153 Å². The predicted molar refractivity (Wildman–Crippen MR) is 401 cm³/mol. The van der Waals surface area contributed by atoms with E-state index in [1.54, 1.807) is 72.0 Å². The number of carboxylic acid groups (broad SMARTS) is 3. The lowest BCUT2D eigenvalue weighted by Gasteiger charge is -2.29. The first-order valence-electron chi connectivity index (χ1n) is 36.6. The van der Waals surface area contributed by atoms with E-state index in [2.05, 4.69) is 79.4 Å². The highest BCUT2D eigenvalue weighted by molar-refractivity contribution is 6.01. The number of H-pyrrole nitrogens is 1. The monoisotopic (exact) mass is 1600 g/mol. The summed E-state index contributed by atoms with van der Waals surface area (Å²) < 4.78 is 0. The minimum absolute atomic E-state index is 0.0834. The normalized spacial score (nSPS) is 15.5. The Morgan fingerprint density at radius 3 is 1.19 bits per heavy atom. The average Bonchev–Trinajstić information content (AvgIpc) is 1.75. The van der Waals surface area contributed by atoms with Crippen LogP contribution < -0.4 is 91.6 Å². The molecule has 42 nitrogen and oxygen atoms in total. The van der Waals surface area contributed by atoms with E-state index >= 15 is 0 Å². The second-order valence-electron chi connectivity index (χ2n) is 29.2. The first-order valence-corrected chi connectivity index (χ1v) is 36.6. The third-order valence-electron chi connectivity index (χ3n) is 17.1. The molecule has 0 radical (unpaired) electrons. The van der Waals surface area contributed by atoms with Crippen molar-refractivity contribution in [3.8, 4) is 0 Å². The maximum atomic E-state index is 14.5. The predicted octanol–water partition coefficient (Wildman–Crippen LogP) is -6.36. The van der Waals surface area contributed by atoms with Gasteiger partial charge in [-0.25, -0.2) is 4.79 Å². The number of primary amides is 2. The van der Waals surface area contributed by atoms with Crippen LogP contribution in [-0.2, 0) is 97.5 Å². The van der Waals surface area contributed by atoms with E-state index in [-0.39, 0.29) is 31.6 Å². The number of aromatic nitrogens is 1. The number of aromatic amines is 1. The molecule has 42 heteroatoms. The zero-order valence-corrected chi connectivity index (χ0v) is 65.4. The summed E-state index contributed by atoms with van der Waals surface area (Å²) in [4.78, 5) is 255. The third-order valence-corrected chi connectivity index (χ3v) is 17.1. The van der Waals surface area contributed by atoms with Gasteiger partial charge in [0.2, 0.25) is 94.5 Å². The minimum Gasteiger partial charge on any atom is -0.481 e. The van der Waals surface area contributed by atoms with Crippen molar-refractivity contribution in [2.45, 2.75) is 251 Å². The summed E-state index contributed by atoms with van der Waals surface area (Å²) in [6.07, 6.45) is -6.58. The van der Waals surface area contributed by atoms with Gasteiger partial charge in [0.1, 0.15) is 78.5 Å². The minimum atomic E-state index is -2.05. The van der Waals surface area contributed by atoms with Gasteiger partial charge in [-0.15, -0.1) is 0 Å². The molecule has 1 aromatic carbocycles. The number of aliphatic hydroxyl groups excluding tert-OH is 2. The fourth-order valence-electron chi connectivity index (χ4n) is 11.1. The number of rotatable bonds is 50. The zero-order chi connectivity index (χ0) is 86.2. The zero-order valence-electron chi connectivity index (χ0n) is 65.4. The van der Waals surface area contributed by atoms with E-state index in [9.17, 15) is 117 Å². The van der Waals surface area contributed by atoms with Crippen LogP contribution in [0.25, 0.3) is 10.9 Å². The summed E-state index contributed by atoms with van der Waals surface area (Å²) in [6, 6.07) is -15.8. The van der Waals surface area contributed by atoms with Gasteiger partial charge in [0, 0.05) is 36.4 Å². The molecular weight excluding hydrogens is 1490 g/mol. The molecular formula is C71H112N18O24. The second kappa shape index (κ2) is 47.1. The number of aliphatic hydroxyl groups is 2. The van der Waals surface area contributed by atoms with Crippen molar-refractivity contribution < 1.29 is 117 Å². The summed E-state index contributed by atoms with van der Waals surface area (Å²) in [5, 5.41) is 84.1. The van der Waals surface area contributed by atoms with Crippen LogP contribution in [0.3, 0.4) is 0 Å². The molecule has 0 spiro atoms. The smallest absolute Gasteiger partial charge is 0.326 e. The van der Waals surface area contributed by atoms with Gasteiger partial charge < -0.3 is 122 Å². The molecule has 1 aromatic heterocycles. The number of carbonyl (C=O) groups is 19. The van der Waals surface area contributed by atoms with Crippen molar-refractivity contribution in [2.75, 3.05) is 6.54 Å². The molecule has 113 heavy (non-hydrogen) atoms. The van der Waals surface area contributed by atoms with Crippen molar-refractivity contribution in [2.24, 2.45) is 40.9 Å². The lowest BCUT2D eigenvalue weighted by atomic mass is 9.99. The molecule has 0 aliphatic carbocycles. The van der Waals surface area contributed by atoms with E-state index in [0.717, 1.165) is 20.8 Å². The molecule has 2 aromatic rings. The second-order valence-corrected chi connectivity index (χ2v) is 29.2. The Morgan fingerprint density at radius 1 is 0.389 bits per heavy atom. The van der Waals surface area contributed by atoms with Gasteiger partial charge in [0.15, 0.2) is 0 Å². The maximum absolute atomic E-state index is 14.5. The molecule has 26 N–H and O–H groups in total. The number of fused-ring (bicyclic) bond motifs is 1. The van der Waals surface area contributed by atoms with Crippen LogP contribution in [-0.4, -0.2) is 246 Å².